The van der Waals surface area contributed by atoms with Gasteiger partial charge in [-0.25, -0.2) is 0 Å². The molecule has 0 amide bonds. The molecule has 1 atom stereocenters. The molecule has 0 aliphatic carbocycles. The first kappa shape index (κ1) is 20.2. The van der Waals surface area contributed by atoms with Crippen LogP contribution >= 0.6 is 0 Å². The highest BCUT2D eigenvalue weighted by Crippen LogP contribution is 2.35. The molecular weight excluding hydrogens is 348 g/mol. The van der Waals surface area contributed by atoms with Crippen LogP contribution < -0.4 is 4.74 Å². The molecule has 1 N–H and O–H groups in total. The fraction of sp³-hybridized carbons (Fsp3) is 0.350. The third-order valence-electron chi connectivity index (χ3n) is 4.52. The zero-order valence-electron chi connectivity index (χ0n) is 15.9. The smallest absolute Gasteiger partial charge is 0.328 e. The summed E-state index contributed by atoms with van der Waals surface area (Å²) in [5, 5.41) is 10.4. The maximum atomic E-state index is 13.2. The lowest BCUT2D eigenvalue weighted by atomic mass is 9.94. The Labute approximate surface area is 156 Å². The van der Waals surface area contributed by atoms with Crippen molar-refractivity contribution in [1.82, 2.24) is 0 Å². The van der Waals surface area contributed by atoms with Gasteiger partial charge in [0.1, 0.15) is 0 Å². The minimum atomic E-state index is -1.97. The second kappa shape index (κ2) is 8.98. The van der Waals surface area contributed by atoms with E-state index in [2.05, 4.69) is 6.92 Å². The summed E-state index contributed by atoms with van der Waals surface area (Å²) in [6.45, 7) is 3.91. The van der Waals surface area contributed by atoms with Gasteiger partial charge in [0, 0.05) is 25.3 Å². The quantitative estimate of drug-likeness (QED) is 0.566. The Kier molecular flexibility index (Phi) is 6.96. The van der Waals surface area contributed by atoms with Gasteiger partial charge in [0.2, 0.25) is 0 Å². The Morgan fingerprint density at radius 1 is 1.12 bits per heavy atom. The molecule has 1 unspecified atom stereocenters. The van der Waals surface area contributed by atoms with Crippen molar-refractivity contribution in [3.8, 4) is 11.5 Å². The number of carbonyl (C=O) groups is 1. The van der Waals surface area contributed by atoms with Gasteiger partial charge in [0.15, 0.2) is 17.3 Å². The normalized spacial score (nSPS) is 12.2. The molecule has 0 bridgehead atoms. The van der Waals surface area contributed by atoms with Crippen LogP contribution in [0.4, 0.5) is 0 Å². The lowest BCUT2D eigenvalue weighted by Gasteiger charge is -2.24. The Bertz CT molecular complexity index is 771. The number of ketones is 1. The number of phenols is 1. The molecule has 0 spiro atoms. The molecule has 5 nitrogen and oxygen atoms in total. The van der Waals surface area contributed by atoms with Crippen molar-refractivity contribution >= 4 is 15.1 Å². The number of aromatic hydroxyl groups is 1. The molecule has 26 heavy (non-hydrogen) atoms. The largest absolute Gasteiger partial charge is 0.504 e. The predicted molar refractivity (Wildman–Crippen MR) is 103 cm³/mol. The highest BCUT2D eigenvalue weighted by atomic mass is 28.3. The van der Waals surface area contributed by atoms with Gasteiger partial charge in [0.05, 0.1) is 12.7 Å². The summed E-state index contributed by atoms with van der Waals surface area (Å²) < 4.78 is 16.3. The second-order valence-corrected chi connectivity index (χ2v) is 8.62. The molecule has 0 aromatic heterocycles. The van der Waals surface area contributed by atoms with Crippen LogP contribution in [0.1, 0.15) is 45.9 Å². The van der Waals surface area contributed by atoms with Gasteiger partial charge < -0.3 is 18.7 Å². The molecule has 6 heteroatoms. The van der Waals surface area contributed by atoms with Crippen molar-refractivity contribution in [3.63, 3.8) is 0 Å². The van der Waals surface area contributed by atoms with Crippen LogP contribution in [0.15, 0.2) is 36.4 Å². The zero-order valence-corrected chi connectivity index (χ0v) is 17.1. The van der Waals surface area contributed by atoms with E-state index in [1.54, 1.807) is 32.4 Å². The zero-order chi connectivity index (χ0) is 19.3. The van der Waals surface area contributed by atoms with Gasteiger partial charge in [-0.2, -0.15) is 0 Å². The first-order valence-electron chi connectivity index (χ1n) is 8.55. The predicted octanol–water partition coefficient (Wildman–Crippen LogP) is 3.49. The van der Waals surface area contributed by atoms with E-state index >= 15 is 0 Å². The van der Waals surface area contributed by atoms with E-state index in [0.717, 1.165) is 17.5 Å². The van der Waals surface area contributed by atoms with Crippen molar-refractivity contribution in [2.24, 2.45) is 0 Å². The first-order chi connectivity index (χ1) is 12.5. The van der Waals surface area contributed by atoms with E-state index in [0.29, 0.717) is 11.3 Å². The number of hydrogen-bond acceptors (Lipinski definition) is 5. The molecule has 0 heterocycles. The van der Waals surface area contributed by atoms with E-state index < -0.39 is 9.28 Å². The second-order valence-electron chi connectivity index (χ2n) is 6.13. The number of carbonyl (C=O) groups excluding carboxylic acids is 1. The van der Waals surface area contributed by atoms with E-state index in [1.165, 1.54) is 7.11 Å². The summed E-state index contributed by atoms with van der Waals surface area (Å²) in [4.78, 5) is 13.2. The van der Waals surface area contributed by atoms with Crippen LogP contribution in [0.3, 0.4) is 0 Å². The lowest BCUT2D eigenvalue weighted by molar-refractivity contribution is 0.103. The van der Waals surface area contributed by atoms with E-state index in [-0.39, 0.29) is 22.6 Å². The summed E-state index contributed by atoms with van der Waals surface area (Å²) >= 11 is 0. The van der Waals surface area contributed by atoms with Crippen LogP contribution in [-0.2, 0) is 8.85 Å². The van der Waals surface area contributed by atoms with Gasteiger partial charge in [-0.1, -0.05) is 31.2 Å². The Hall–Kier alpha value is -2.15. The molecule has 140 valence electrons. The minimum Gasteiger partial charge on any atom is -0.504 e. The maximum absolute atomic E-state index is 13.2. The molecule has 2 rings (SSSR count). The minimum absolute atomic E-state index is 0.0268. The summed E-state index contributed by atoms with van der Waals surface area (Å²) in [5.74, 6) is -0.0874. The van der Waals surface area contributed by atoms with E-state index in [9.17, 15) is 9.90 Å². The molecule has 0 radical (unpaired) electrons. The molecule has 0 saturated heterocycles. The van der Waals surface area contributed by atoms with Crippen molar-refractivity contribution in [1.29, 1.82) is 0 Å². The fourth-order valence-electron chi connectivity index (χ4n) is 3.23. The van der Waals surface area contributed by atoms with Gasteiger partial charge in [-0.05, 0) is 36.6 Å². The monoisotopic (exact) mass is 374 g/mol. The number of phenolic OH excluding ortho intramolecular Hbond substituents is 1. The topological polar surface area (TPSA) is 65.0 Å². The van der Waals surface area contributed by atoms with Crippen LogP contribution in [-0.4, -0.2) is 41.5 Å². The standard InChI is InChI=1S/C20H26O5Si/c1-6-18(26(24-4)25-5)14-9-7-8-10-15(14)19(21)16-11-13(2)12-17(23-3)20(16)22/h7-12,18,22,26H,6H2,1-5H3. The number of ether oxygens (including phenoxy) is 1. The van der Waals surface area contributed by atoms with Crippen molar-refractivity contribution in [2.45, 2.75) is 25.8 Å². The molecule has 0 aliphatic heterocycles. The van der Waals surface area contributed by atoms with Gasteiger partial charge >= 0.3 is 9.28 Å². The van der Waals surface area contributed by atoms with Crippen LogP contribution in [0.25, 0.3) is 0 Å². The van der Waals surface area contributed by atoms with Crippen LogP contribution in [0, 0.1) is 6.92 Å². The Balaban J connectivity index is 2.57. The maximum Gasteiger partial charge on any atom is 0.328 e. The summed E-state index contributed by atoms with van der Waals surface area (Å²) in [6.07, 6.45) is 0.798. The van der Waals surface area contributed by atoms with E-state index in [1.807, 2.05) is 25.1 Å². The summed E-state index contributed by atoms with van der Waals surface area (Å²) in [6, 6.07) is 10.8. The molecule has 0 saturated carbocycles. The SMILES string of the molecule is CCC(c1ccccc1C(=O)c1cc(C)cc(OC)c1O)[SiH](OC)OC. The highest BCUT2D eigenvalue weighted by Gasteiger charge is 2.29. The lowest BCUT2D eigenvalue weighted by Crippen LogP contribution is -2.29. The number of hydrogen-bond donors (Lipinski definition) is 1. The molecular formula is C20H26O5Si. The van der Waals surface area contributed by atoms with Gasteiger partial charge in [-0.15, -0.1) is 0 Å². The number of benzene rings is 2. The number of rotatable bonds is 8. The van der Waals surface area contributed by atoms with E-state index in [4.69, 9.17) is 13.6 Å². The van der Waals surface area contributed by atoms with Gasteiger partial charge in [-0.3, -0.25) is 4.79 Å². The molecule has 2 aromatic carbocycles. The molecule has 2 aromatic rings. The highest BCUT2D eigenvalue weighted by molar-refractivity contribution is 6.46. The fourth-order valence-corrected chi connectivity index (χ4v) is 5.05. The first-order valence-corrected chi connectivity index (χ1v) is 10.2. The van der Waals surface area contributed by atoms with Crippen LogP contribution in [0.2, 0.25) is 0 Å². The van der Waals surface area contributed by atoms with Crippen molar-refractivity contribution in [3.05, 3.63) is 58.7 Å². The Morgan fingerprint density at radius 3 is 2.35 bits per heavy atom. The molecule has 0 aliphatic rings. The van der Waals surface area contributed by atoms with Crippen molar-refractivity contribution in [2.75, 3.05) is 21.3 Å². The molecule has 0 fully saturated rings. The van der Waals surface area contributed by atoms with Crippen molar-refractivity contribution < 1.29 is 23.5 Å². The average Bonchev–Trinajstić information content (AvgIpc) is 2.67. The Morgan fingerprint density at radius 2 is 1.77 bits per heavy atom. The number of aryl methyl sites for hydroxylation is 1. The third-order valence-corrected chi connectivity index (χ3v) is 6.94. The average molecular weight is 375 g/mol. The number of methoxy groups -OCH3 is 1. The van der Waals surface area contributed by atoms with Gasteiger partial charge in [0.25, 0.3) is 0 Å². The van der Waals surface area contributed by atoms with Crippen LogP contribution in [0.5, 0.6) is 11.5 Å². The summed E-state index contributed by atoms with van der Waals surface area (Å²) in [5.41, 5.74) is 2.54. The third kappa shape index (κ3) is 3.98. The summed E-state index contributed by atoms with van der Waals surface area (Å²) in [7, 11) is 2.78.